The second-order valence-corrected chi connectivity index (χ2v) is 3.76. The Bertz CT molecular complexity index is 520. The van der Waals surface area contributed by atoms with Crippen LogP contribution >= 0.6 is 11.6 Å². The predicted octanol–water partition coefficient (Wildman–Crippen LogP) is 1.61. The van der Waals surface area contributed by atoms with E-state index in [1.54, 1.807) is 13.1 Å². The van der Waals surface area contributed by atoms with Gasteiger partial charge in [-0.3, -0.25) is 0 Å². The number of hydrogen-bond acceptors (Lipinski definition) is 5. The van der Waals surface area contributed by atoms with Crippen LogP contribution in [0.15, 0.2) is 12.5 Å². The van der Waals surface area contributed by atoms with E-state index in [2.05, 4.69) is 15.1 Å². The monoisotopic (exact) mass is 253 g/mol. The number of nitrogens with zero attached hydrogens (tertiary/aromatic N) is 4. The largest absolute Gasteiger partial charge is 0.476 e. The Morgan fingerprint density at radius 3 is 2.82 bits per heavy atom. The molecule has 0 aromatic carbocycles. The van der Waals surface area contributed by atoms with Gasteiger partial charge in [-0.1, -0.05) is 11.6 Å². The Hall–Kier alpha value is -1.82. The smallest absolute Gasteiger partial charge is 0.242 e. The molecule has 2 rings (SSSR count). The van der Waals surface area contributed by atoms with Gasteiger partial charge in [-0.15, -0.1) is 0 Å². The van der Waals surface area contributed by atoms with Crippen LogP contribution in [0.25, 0.3) is 5.82 Å². The second-order valence-electron chi connectivity index (χ2n) is 3.36. The minimum absolute atomic E-state index is 0.341. The first-order chi connectivity index (χ1) is 8.13. The zero-order chi connectivity index (χ0) is 12.4. The maximum absolute atomic E-state index is 5.93. The number of aromatic nitrogens is 4. The fourth-order valence-corrected chi connectivity index (χ4v) is 1.48. The van der Waals surface area contributed by atoms with E-state index >= 15 is 0 Å². The third kappa shape index (κ3) is 2.16. The standard InChI is InChI=1S/C10H12ClN5O/c1-3-17-10-8(12)9(13-5-14-10)16-4-7(11)6(2)15-16/h4-5H,3,12H2,1-2H3. The van der Waals surface area contributed by atoms with Crippen molar-refractivity contribution in [3.8, 4) is 11.7 Å². The summed E-state index contributed by atoms with van der Waals surface area (Å²) in [4.78, 5) is 8.02. The molecule has 0 fully saturated rings. The summed E-state index contributed by atoms with van der Waals surface area (Å²) in [5.74, 6) is 0.806. The van der Waals surface area contributed by atoms with Gasteiger partial charge in [0.1, 0.15) is 12.0 Å². The summed E-state index contributed by atoms with van der Waals surface area (Å²) < 4.78 is 6.80. The maximum atomic E-state index is 5.93. The van der Waals surface area contributed by atoms with Crippen LogP contribution in [-0.4, -0.2) is 26.4 Å². The van der Waals surface area contributed by atoms with Gasteiger partial charge in [0.05, 0.1) is 23.5 Å². The Balaban J connectivity index is 2.48. The van der Waals surface area contributed by atoms with Gasteiger partial charge in [-0.2, -0.15) is 10.1 Å². The molecule has 0 atom stereocenters. The topological polar surface area (TPSA) is 78.9 Å². The van der Waals surface area contributed by atoms with E-state index in [0.29, 0.717) is 34.7 Å². The normalized spacial score (nSPS) is 10.5. The summed E-state index contributed by atoms with van der Waals surface area (Å²) in [6, 6.07) is 0. The van der Waals surface area contributed by atoms with Gasteiger partial charge >= 0.3 is 0 Å². The number of nitrogen functional groups attached to an aromatic ring is 1. The SMILES string of the molecule is CCOc1ncnc(-n2cc(Cl)c(C)n2)c1N. The van der Waals surface area contributed by atoms with Crippen LogP contribution in [0.4, 0.5) is 5.69 Å². The first kappa shape index (κ1) is 11.7. The average Bonchev–Trinajstić information content (AvgIpc) is 2.62. The molecule has 2 heterocycles. The quantitative estimate of drug-likeness (QED) is 0.899. The lowest BCUT2D eigenvalue weighted by Gasteiger charge is -2.08. The first-order valence-corrected chi connectivity index (χ1v) is 5.46. The lowest BCUT2D eigenvalue weighted by atomic mass is 10.4. The van der Waals surface area contributed by atoms with Crippen LogP contribution in [0.5, 0.6) is 5.88 Å². The number of nitrogens with two attached hydrogens (primary N) is 1. The van der Waals surface area contributed by atoms with Gasteiger partial charge < -0.3 is 10.5 Å². The summed E-state index contributed by atoms with van der Waals surface area (Å²) in [6.07, 6.45) is 3.02. The van der Waals surface area contributed by atoms with Gasteiger partial charge in [-0.25, -0.2) is 9.67 Å². The Labute approximate surface area is 103 Å². The van der Waals surface area contributed by atoms with Gasteiger partial charge in [0.25, 0.3) is 0 Å². The van der Waals surface area contributed by atoms with Gasteiger partial charge in [-0.05, 0) is 13.8 Å². The van der Waals surface area contributed by atoms with Crippen molar-refractivity contribution >= 4 is 17.3 Å². The molecule has 2 N–H and O–H groups in total. The molecule has 0 saturated heterocycles. The van der Waals surface area contributed by atoms with Crippen LogP contribution < -0.4 is 10.5 Å². The minimum Gasteiger partial charge on any atom is -0.476 e. The van der Waals surface area contributed by atoms with Gasteiger partial charge in [0.15, 0.2) is 5.82 Å². The zero-order valence-electron chi connectivity index (χ0n) is 9.51. The van der Waals surface area contributed by atoms with Crippen molar-refractivity contribution in [2.45, 2.75) is 13.8 Å². The first-order valence-electron chi connectivity index (χ1n) is 5.09. The molecule has 90 valence electrons. The zero-order valence-corrected chi connectivity index (χ0v) is 10.3. The van der Waals surface area contributed by atoms with E-state index in [0.717, 1.165) is 0 Å². The highest BCUT2D eigenvalue weighted by molar-refractivity contribution is 6.31. The van der Waals surface area contributed by atoms with Crippen LogP contribution in [0, 0.1) is 6.92 Å². The van der Waals surface area contributed by atoms with Gasteiger partial charge in [0, 0.05) is 0 Å². The number of halogens is 1. The molecule has 7 heteroatoms. The van der Waals surface area contributed by atoms with Crippen molar-refractivity contribution in [1.29, 1.82) is 0 Å². The van der Waals surface area contributed by atoms with E-state index in [1.807, 2.05) is 6.92 Å². The third-order valence-electron chi connectivity index (χ3n) is 2.16. The molecule has 0 saturated carbocycles. The number of anilines is 1. The summed E-state index contributed by atoms with van der Waals surface area (Å²) in [7, 11) is 0. The van der Waals surface area contributed by atoms with Crippen molar-refractivity contribution in [1.82, 2.24) is 19.7 Å². The molecule has 17 heavy (non-hydrogen) atoms. The molecule has 0 aliphatic rings. The van der Waals surface area contributed by atoms with Crippen molar-refractivity contribution in [3.63, 3.8) is 0 Å². The Morgan fingerprint density at radius 1 is 1.47 bits per heavy atom. The number of hydrogen-bond donors (Lipinski definition) is 1. The fraction of sp³-hybridized carbons (Fsp3) is 0.300. The number of rotatable bonds is 3. The van der Waals surface area contributed by atoms with E-state index in [4.69, 9.17) is 22.1 Å². The molecule has 2 aromatic heterocycles. The molecule has 0 unspecified atom stereocenters. The molecular formula is C10H12ClN5O. The van der Waals surface area contributed by atoms with Crippen molar-refractivity contribution < 1.29 is 4.74 Å². The van der Waals surface area contributed by atoms with Crippen molar-refractivity contribution in [2.75, 3.05) is 12.3 Å². The molecule has 0 amide bonds. The van der Waals surface area contributed by atoms with E-state index in [9.17, 15) is 0 Å². The minimum atomic E-state index is 0.341. The maximum Gasteiger partial charge on any atom is 0.242 e. The van der Waals surface area contributed by atoms with E-state index < -0.39 is 0 Å². The number of ether oxygens (including phenoxy) is 1. The lowest BCUT2D eigenvalue weighted by Crippen LogP contribution is -2.07. The molecule has 6 nitrogen and oxygen atoms in total. The molecular weight excluding hydrogens is 242 g/mol. The molecule has 0 aliphatic heterocycles. The molecule has 0 spiro atoms. The van der Waals surface area contributed by atoms with Gasteiger partial charge in [0.2, 0.25) is 5.88 Å². The highest BCUT2D eigenvalue weighted by Crippen LogP contribution is 2.24. The second kappa shape index (κ2) is 4.58. The molecule has 0 bridgehead atoms. The highest BCUT2D eigenvalue weighted by Gasteiger charge is 2.13. The molecule has 2 aromatic rings. The van der Waals surface area contributed by atoms with Crippen LogP contribution in [0.3, 0.4) is 0 Å². The fourth-order valence-electron chi connectivity index (χ4n) is 1.35. The van der Waals surface area contributed by atoms with E-state index in [1.165, 1.54) is 11.0 Å². The summed E-state index contributed by atoms with van der Waals surface area (Å²) in [5.41, 5.74) is 6.96. The summed E-state index contributed by atoms with van der Waals surface area (Å²) in [5, 5.41) is 4.76. The van der Waals surface area contributed by atoms with Crippen LogP contribution in [0.2, 0.25) is 5.02 Å². The summed E-state index contributed by atoms with van der Waals surface area (Å²) in [6.45, 7) is 4.15. The highest BCUT2D eigenvalue weighted by atomic mass is 35.5. The van der Waals surface area contributed by atoms with Crippen LogP contribution in [0.1, 0.15) is 12.6 Å². The summed E-state index contributed by atoms with van der Waals surface area (Å²) >= 11 is 5.93. The van der Waals surface area contributed by atoms with Crippen molar-refractivity contribution in [2.24, 2.45) is 0 Å². The average molecular weight is 254 g/mol. The number of aryl methyl sites for hydroxylation is 1. The molecule has 0 aliphatic carbocycles. The molecule has 0 radical (unpaired) electrons. The third-order valence-corrected chi connectivity index (χ3v) is 2.53. The Morgan fingerprint density at radius 2 is 2.24 bits per heavy atom. The lowest BCUT2D eigenvalue weighted by molar-refractivity contribution is 0.328. The van der Waals surface area contributed by atoms with E-state index in [-0.39, 0.29) is 0 Å². The van der Waals surface area contributed by atoms with Crippen molar-refractivity contribution in [3.05, 3.63) is 23.2 Å². The predicted molar refractivity (Wildman–Crippen MR) is 64.5 cm³/mol. The Kier molecular flexibility index (Phi) is 3.14. The van der Waals surface area contributed by atoms with Crippen LogP contribution in [-0.2, 0) is 0 Å².